The van der Waals surface area contributed by atoms with Gasteiger partial charge in [0.25, 0.3) is 5.91 Å². The fourth-order valence-corrected chi connectivity index (χ4v) is 2.19. The SMILES string of the molecule is COC(=O)c1ccc(N)c(N2CC(=O)NC(=O)C2(C)C)c1. The number of carbonyl (C=O) groups excluding carboxylic acids is 3. The van der Waals surface area contributed by atoms with Crippen LogP contribution in [0.4, 0.5) is 11.4 Å². The second kappa shape index (κ2) is 5.08. The van der Waals surface area contributed by atoms with E-state index in [1.807, 2.05) is 0 Å². The minimum atomic E-state index is -0.962. The number of hydrogen-bond donors (Lipinski definition) is 2. The lowest BCUT2D eigenvalue weighted by atomic mass is 9.96. The van der Waals surface area contributed by atoms with Gasteiger partial charge >= 0.3 is 5.97 Å². The minimum absolute atomic E-state index is 0.0203. The number of nitrogens with zero attached hydrogens (tertiary/aromatic N) is 1. The zero-order valence-electron chi connectivity index (χ0n) is 12.1. The Bertz CT molecular complexity index is 625. The molecule has 0 radical (unpaired) electrons. The van der Waals surface area contributed by atoms with Gasteiger partial charge in [0, 0.05) is 0 Å². The summed E-state index contributed by atoms with van der Waals surface area (Å²) in [5.74, 6) is -1.34. The van der Waals surface area contributed by atoms with Crippen LogP contribution in [0, 0.1) is 0 Å². The lowest BCUT2D eigenvalue weighted by Crippen LogP contribution is -2.64. The predicted molar refractivity (Wildman–Crippen MR) is 76.8 cm³/mol. The molecule has 7 heteroatoms. The molecule has 3 N–H and O–H groups in total. The maximum absolute atomic E-state index is 12.0. The van der Waals surface area contributed by atoms with Gasteiger partial charge in [-0.25, -0.2) is 4.79 Å². The lowest BCUT2D eigenvalue weighted by Gasteiger charge is -2.42. The van der Waals surface area contributed by atoms with Gasteiger partial charge < -0.3 is 15.4 Å². The molecule has 1 aromatic carbocycles. The molecule has 0 saturated carbocycles. The number of piperazine rings is 1. The summed E-state index contributed by atoms with van der Waals surface area (Å²) in [5.41, 5.74) is 6.10. The molecule has 0 spiro atoms. The summed E-state index contributed by atoms with van der Waals surface area (Å²) in [6.07, 6.45) is 0. The second-order valence-electron chi connectivity index (χ2n) is 5.29. The number of rotatable bonds is 2. The largest absolute Gasteiger partial charge is 0.465 e. The Balaban J connectivity index is 2.51. The van der Waals surface area contributed by atoms with Crippen LogP contribution in [0.1, 0.15) is 24.2 Å². The summed E-state index contributed by atoms with van der Waals surface area (Å²) < 4.78 is 4.67. The number of amides is 2. The maximum Gasteiger partial charge on any atom is 0.337 e. The highest BCUT2D eigenvalue weighted by atomic mass is 16.5. The number of carbonyl (C=O) groups is 3. The first-order chi connectivity index (χ1) is 9.77. The van der Waals surface area contributed by atoms with E-state index in [0.29, 0.717) is 16.9 Å². The molecular formula is C14H17N3O4. The van der Waals surface area contributed by atoms with E-state index in [1.165, 1.54) is 19.2 Å². The van der Waals surface area contributed by atoms with Gasteiger partial charge in [0.15, 0.2) is 0 Å². The maximum atomic E-state index is 12.0. The van der Waals surface area contributed by atoms with Crippen molar-refractivity contribution in [1.29, 1.82) is 0 Å². The number of methoxy groups -OCH3 is 1. The molecule has 0 atom stereocenters. The first-order valence-corrected chi connectivity index (χ1v) is 6.37. The van der Waals surface area contributed by atoms with E-state index in [2.05, 4.69) is 10.1 Å². The molecule has 2 amide bonds. The van der Waals surface area contributed by atoms with Gasteiger partial charge in [-0.2, -0.15) is 0 Å². The highest BCUT2D eigenvalue weighted by Gasteiger charge is 2.41. The van der Waals surface area contributed by atoms with Crippen molar-refractivity contribution in [2.45, 2.75) is 19.4 Å². The third kappa shape index (κ3) is 2.54. The molecule has 1 aliphatic heterocycles. The number of anilines is 2. The third-order valence-electron chi connectivity index (χ3n) is 3.53. The Morgan fingerprint density at radius 3 is 2.67 bits per heavy atom. The average molecular weight is 291 g/mol. The van der Waals surface area contributed by atoms with E-state index in [-0.39, 0.29) is 6.54 Å². The zero-order chi connectivity index (χ0) is 15.8. The third-order valence-corrected chi connectivity index (χ3v) is 3.53. The number of hydrogen-bond acceptors (Lipinski definition) is 6. The van der Waals surface area contributed by atoms with Gasteiger partial charge in [0.2, 0.25) is 5.91 Å². The molecule has 1 saturated heterocycles. The number of nitrogen functional groups attached to an aromatic ring is 1. The average Bonchev–Trinajstić information content (AvgIpc) is 2.43. The van der Waals surface area contributed by atoms with Crippen LogP contribution >= 0.6 is 0 Å². The van der Waals surface area contributed by atoms with E-state index < -0.39 is 23.3 Å². The topological polar surface area (TPSA) is 102 Å². The summed E-state index contributed by atoms with van der Waals surface area (Å²) in [4.78, 5) is 36.8. The summed E-state index contributed by atoms with van der Waals surface area (Å²) >= 11 is 0. The van der Waals surface area contributed by atoms with Crippen LogP contribution in [-0.2, 0) is 14.3 Å². The smallest absolute Gasteiger partial charge is 0.337 e. The molecule has 1 aliphatic rings. The number of benzene rings is 1. The predicted octanol–water partition coefficient (Wildman–Crippen LogP) is 0.297. The lowest BCUT2D eigenvalue weighted by molar-refractivity contribution is -0.135. The van der Waals surface area contributed by atoms with Gasteiger partial charge in [-0.15, -0.1) is 0 Å². The van der Waals surface area contributed by atoms with Crippen LogP contribution in [0.2, 0.25) is 0 Å². The first-order valence-electron chi connectivity index (χ1n) is 6.37. The van der Waals surface area contributed by atoms with Crippen LogP contribution in [0.25, 0.3) is 0 Å². The first kappa shape index (κ1) is 14.8. The molecule has 0 bridgehead atoms. The Kier molecular flexibility index (Phi) is 3.59. The van der Waals surface area contributed by atoms with Crippen molar-refractivity contribution >= 4 is 29.2 Å². The van der Waals surface area contributed by atoms with E-state index in [1.54, 1.807) is 24.8 Å². The molecule has 0 unspecified atom stereocenters. The van der Waals surface area contributed by atoms with Crippen LogP contribution < -0.4 is 16.0 Å². The van der Waals surface area contributed by atoms with Crippen molar-refractivity contribution in [3.8, 4) is 0 Å². The van der Waals surface area contributed by atoms with Crippen molar-refractivity contribution in [3.63, 3.8) is 0 Å². The normalized spacial score (nSPS) is 17.4. The minimum Gasteiger partial charge on any atom is -0.465 e. The van der Waals surface area contributed by atoms with E-state index in [0.717, 1.165) is 0 Å². The molecule has 7 nitrogen and oxygen atoms in total. The van der Waals surface area contributed by atoms with E-state index in [4.69, 9.17) is 5.73 Å². The van der Waals surface area contributed by atoms with Crippen LogP contribution in [-0.4, -0.2) is 37.0 Å². The Hall–Kier alpha value is -2.57. The number of nitrogens with two attached hydrogens (primary N) is 1. The Labute approximate surface area is 122 Å². The standard InChI is InChI=1S/C14H17N3O4/c1-14(2)13(20)16-11(18)7-17(14)10-6-8(12(19)21-3)4-5-9(10)15/h4-6H,7,15H2,1-3H3,(H,16,18,20). The summed E-state index contributed by atoms with van der Waals surface area (Å²) in [6, 6.07) is 4.60. The molecule has 2 rings (SSSR count). The van der Waals surface area contributed by atoms with Crippen LogP contribution in [0.15, 0.2) is 18.2 Å². The fourth-order valence-electron chi connectivity index (χ4n) is 2.19. The summed E-state index contributed by atoms with van der Waals surface area (Å²) in [6.45, 7) is 3.34. The van der Waals surface area contributed by atoms with E-state index >= 15 is 0 Å². The molecular weight excluding hydrogens is 274 g/mol. The Morgan fingerprint density at radius 1 is 1.38 bits per heavy atom. The van der Waals surface area contributed by atoms with Gasteiger partial charge in [-0.1, -0.05) is 0 Å². The Morgan fingerprint density at radius 2 is 2.05 bits per heavy atom. The number of ether oxygens (including phenoxy) is 1. The molecule has 1 heterocycles. The van der Waals surface area contributed by atoms with E-state index in [9.17, 15) is 14.4 Å². The van der Waals surface area contributed by atoms with Crippen molar-refractivity contribution in [1.82, 2.24) is 5.32 Å². The van der Waals surface area contributed by atoms with Crippen molar-refractivity contribution in [3.05, 3.63) is 23.8 Å². The van der Waals surface area contributed by atoms with Gasteiger partial charge in [-0.3, -0.25) is 14.9 Å². The number of nitrogens with one attached hydrogen (secondary N) is 1. The molecule has 0 aromatic heterocycles. The zero-order valence-corrected chi connectivity index (χ0v) is 12.1. The number of esters is 1. The highest BCUT2D eigenvalue weighted by Crippen LogP contribution is 2.32. The monoisotopic (exact) mass is 291 g/mol. The number of imide groups is 1. The van der Waals surface area contributed by atoms with Gasteiger partial charge in [0.1, 0.15) is 5.54 Å². The van der Waals surface area contributed by atoms with Gasteiger partial charge in [0.05, 0.1) is 30.6 Å². The molecule has 0 aliphatic carbocycles. The second-order valence-corrected chi connectivity index (χ2v) is 5.29. The quantitative estimate of drug-likeness (QED) is 0.461. The molecule has 1 aromatic rings. The molecule has 112 valence electrons. The van der Waals surface area contributed by atoms with Gasteiger partial charge in [-0.05, 0) is 32.0 Å². The van der Waals surface area contributed by atoms with Crippen molar-refractivity contribution < 1.29 is 19.1 Å². The molecule has 1 fully saturated rings. The van der Waals surface area contributed by atoms with Crippen molar-refractivity contribution in [2.75, 3.05) is 24.3 Å². The van der Waals surface area contributed by atoms with Crippen LogP contribution in [0.5, 0.6) is 0 Å². The summed E-state index contributed by atoms with van der Waals surface area (Å²) in [7, 11) is 1.28. The van der Waals surface area contributed by atoms with Crippen molar-refractivity contribution in [2.24, 2.45) is 0 Å². The molecule has 21 heavy (non-hydrogen) atoms. The van der Waals surface area contributed by atoms with Crippen LogP contribution in [0.3, 0.4) is 0 Å². The highest BCUT2D eigenvalue weighted by molar-refractivity contribution is 6.07. The fraction of sp³-hybridized carbons (Fsp3) is 0.357. The summed E-state index contributed by atoms with van der Waals surface area (Å²) in [5, 5.41) is 2.29.